The molecule has 0 aliphatic rings. The normalized spacial score (nSPS) is 9.40. The zero-order chi connectivity index (χ0) is 7.82. The number of unbranched alkanes of at least 4 members (excludes halogenated alkanes) is 1. The highest BCUT2D eigenvalue weighted by Crippen LogP contribution is 1.97. The van der Waals surface area contributed by atoms with Crippen molar-refractivity contribution < 1.29 is 13.9 Å². The number of hydrogen-bond acceptors (Lipinski definition) is 2. The molecule has 0 rings (SSSR count). The fourth-order valence-electron chi connectivity index (χ4n) is 0.597. The van der Waals surface area contributed by atoms with Gasteiger partial charge in [0.2, 0.25) is 0 Å². The molecule has 0 radical (unpaired) electrons. The van der Waals surface area contributed by atoms with Gasteiger partial charge in [-0.2, -0.15) is 0 Å². The molecular formula is C7H13FO2. The first kappa shape index (κ1) is 9.40. The van der Waals surface area contributed by atoms with E-state index in [-0.39, 0.29) is 12.6 Å². The minimum atomic E-state index is -0.348. The highest BCUT2D eigenvalue weighted by molar-refractivity contribution is 5.69. The van der Waals surface area contributed by atoms with Gasteiger partial charge in [-0.3, -0.25) is 9.18 Å². The predicted molar refractivity (Wildman–Crippen MR) is 36.5 cm³/mol. The first-order valence-corrected chi connectivity index (χ1v) is 3.52. The van der Waals surface area contributed by atoms with Crippen LogP contribution in [0.4, 0.5) is 4.39 Å². The quantitative estimate of drug-likeness (QED) is 0.438. The number of hydrogen-bond donors (Lipinski definition) is 0. The Morgan fingerprint density at radius 2 is 2.20 bits per heavy atom. The molecule has 10 heavy (non-hydrogen) atoms. The van der Waals surface area contributed by atoms with Crippen molar-refractivity contribution in [2.45, 2.75) is 26.2 Å². The standard InChI is InChI=1S/C7H13FO2/c1-2-10-7(9)5-3-4-6-8/h2-6H2,1H3. The average molecular weight is 148 g/mol. The summed E-state index contributed by atoms with van der Waals surface area (Å²) >= 11 is 0. The van der Waals surface area contributed by atoms with Gasteiger partial charge in [0.15, 0.2) is 0 Å². The van der Waals surface area contributed by atoms with Crippen LogP contribution in [0.3, 0.4) is 0 Å². The summed E-state index contributed by atoms with van der Waals surface area (Å²) in [7, 11) is 0. The fourth-order valence-corrected chi connectivity index (χ4v) is 0.597. The summed E-state index contributed by atoms with van der Waals surface area (Å²) in [4.78, 5) is 10.6. The maximum Gasteiger partial charge on any atom is 0.305 e. The number of carbonyl (C=O) groups excluding carboxylic acids is 1. The third kappa shape index (κ3) is 5.54. The highest BCUT2D eigenvalue weighted by Gasteiger charge is 1.99. The number of esters is 1. The van der Waals surface area contributed by atoms with Crippen molar-refractivity contribution in [3.8, 4) is 0 Å². The summed E-state index contributed by atoms with van der Waals surface area (Å²) in [6.45, 7) is 1.82. The SMILES string of the molecule is CCOC(=O)CCCCF. The molecule has 0 aliphatic carbocycles. The second-order valence-electron chi connectivity index (χ2n) is 1.95. The van der Waals surface area contributed by atoms with Crippen LogP contribution < -0.4 is 0 Å². The molecule has 0 fully saturated rings. The van der Waals surface area contributed by atoms with Crippen molar-refractivity contribution in [3.63, 3.8) is 0 Å². The Kier molecular flexibility index (Phi) is 6.13. The monoisotopic (exact) mass is 148 g/mol. The van der Waals surface area contributed by atoms with E-state index in [2.05, 4.69) is 4.74 Å². The molecule has 0 aliphatic heterocycles. The Labute approximate surface area is 60.4 Å². The maximum atomic E-state index is 11.5. The molecule has 0 heterocycles. The van der Waals surface area contributed by atoms with Gasteiger partial charge in [-0.1, -0.05) is 0 Å². The van der Waals surface area contributed by atoms with Crippen LogP contribution in [0.2, 0.25) is 0 Å². The molecule has 3 heteroatoms. The molecule has 0 saturated heterocycles. The van der Waals surface area contributed by atoms with Gasteiger partial charge in [0, 0.05) is 6.42 Å². The molecule has 0 unspecified atom stereocenters. The minimum absolute atomic E-state index is 0.226. The molecule has 60 valence electrons. The molecule has 0 N–H and O–H groups in total. The van der Waals surface area contributed by atoms with Crippen LogP contribution in [0.1, 0.15) is 26.2 Å². The summed E-state index contributed by atoms with van der Waals surface area (Å²) in [6, 6.07) is 0. The molecule has 0 saturated carbocycles. The summed E-state index contributed by atoms with van der Waals surface area (Å²) in [5, 5.41) is 0. The van der Waals surface area contributed by atoms with Crippen LogP contribution in [0.15, 0.2) is 0 Å². The second-order valence-corrected chi connectivity index (χ2v) is 1.95. The summed E-state index contributed by atoms with van der Waals surface area (Å²) in [5.74, 6) is -0.226. The molecule has 0 atom stereocenters. The number of halogens is 1. The van der Waals surface area contributed by atoms with Crippen LogP contribution in [-0.2, 0) is 9.53 Å². The molecule has 2 nitrogen and oxygen atoms in total. The van der Waals surface area contributed by atoms with Gasteiger partial charge in [-0.15, -0.1) is 0 Å². The number of alkyl halides is 1. The van der Waals surface area contributed by atoms with E-state index in [0.717, 1.165) is 0 Å². The van der Waals surface area contributed by atoms with Crippen LogP contribution in [0, 0.1) is 0 Å². The zero-order valence-electron chi connectivity index (χ0n) is 6.23. The van der Waals surface area contributed by atoms with Gasteiger partial charge in [0.05, 0.1) is 13.3 Å². The third-order valence-corrected chi connectivity index (χ3v) is 1.07. The topological polar surface area (TPSA) is 26.3 Å². The van der Waals surface area contributed by atoms with E-state index in [4.69, 9.17) is 0 Å². The second kappa shape index (κ2) is 6.52. The third-order valence-electron chi connectivity index (χ3n) is 1.07. The van der Waals surface area contributed by atoms with Crippen LogP contribution in [0.5, 0.6) is 0 Å². The van der Waals surface area contributed by atoms with Crippen molar-refractivity contribution in [1.29, 1.82) is 0 Å². The van der Waals surface area contributed by atoms with Crippen LogP contribution in [0.25, 0.3) is 0 Å². The van der Waals surface area contributed by atoms with Crippen molar-refractivity contribution in [3.05, 3.63) is 0 Å². The van der Waals surface area contributed by atoms with E-state index in [1.54, 1.807) is 6.92 Å². The lowest BCUT2D eigenvalue weighted by atomic mass is 10.2. The van der Waals surface area contributed by atoms with Crippen molar-refractivity contribution >= 4 is 5.97 Å². The Balaban J connectivity index is 3.05. The minimum Gasteiger partial charge on any atom is -0.466 e. The van der Waals surface area contributed by atoms with Gasteiger partial charge in [0.1, 0.15) is 0 Å². The number of ether oxygens (including phenoxy) is 1. The lowest BCUT2D eigenvalue weighted by Gasteiger charge is -1.98. The lowest BCUT2D eigenvalue weighted by Crippen LogP contribution is -2.03. The average Bonchev–Trinajstić information content (AvgIpc) is 1.89. The van der Waals surface area contributed by atoms with Gasteiger partial charge in [0.25, 0.3) is 0 Å². The predicted octanol–water partition coefficient (Wildman–Crippen LogP) is 1.69. The number of carbonyl (C=O) groups is 1. The van der Waals surface area contributed by atoms with Gasteiger partial charge in [-0.05, 0) is 19.8 Å². The molecule has 0 aromatic carbocycles. The van der Waals surface area contributed by atoms with Gasteiger partial charge < -0.3 is 4.74 Å². The van der Waals surface area contributed by atoms with Crippen molar-refractivity contribution in [2.24, 2.45) is 0 Å². The summed E-state index contributed by atoms with van der Waals surface area (Å²) in [5.41, 5.74) is 0. The Morgan fingerprint density at radius 1 is 1.50 bits per heavy atom. The molecule has 0 bridgehead atoms. The largest absolute Gasteiger partial charge is 0.466 e. The smallest absolute Gasteiger partial charge is 0.305 e. The van der Waals surface area contributed by atoms with Gasteiger partial charge in [-0.25, -0.2) is 0 Å². The zero-order valence-corrected chi connectivity index (χ0v) is 6.23. The van der Waals surface area contributed by atoms with Crippen LogP contribution >= 0.6 is 0 Å². The van der Waals surface area contributed by atoms with Gasteiger partial charge >= 0.3 is 5.97 Å². The first-order valence-electron chi connectivity index (χ1n) is 3.52. The number of rotatable bonds is 5. The maximum absolute atomic E-state index is 11.5. The first-order chi connectivity index (χ1) is 4.81. The van der Waals surface area contributed by atoms with Crippen LogP contribution in [-0.4, -0.2) is 19.3 Å². The van der Waals surface area contributed by atoms with E-state index in [1.165, 1.54) is 0 Å². The Hall–Kier alpha value is -0.600. The fraction of sp³-hybridized carbons (Fsp3) is 0.857. The Bertz CT molecular complexity index is 93.6. The molecular weight excluding hydrogens is 135 g/mol. The molecule has 0 amide bonds. The Morgan fingerprint density at radius 3 is 2.70 bits per heavy atom. The van der Waals surface area contributed by atoms with Crippen molar-refractivity contribution in [2.75, 3.05) is 13.3 Å². The summed E-state index contributed by atoms with van der Waals surface area (Å²) < 4.78 is 16.1. The van der Waals surface area contributed by atoms with E-state index in [0.29, 0.717) is 25.9 Å². The summed E-state index contributed by atoms with van der Waals surface area (Å²) in [6.07, 6.45) is 1.39. The van der Waals surface area contributed by atoms with E-state index < -0.39 is 0 Å². The van der Waals surface area contributed by atoms with E-state index in [1.807, 2.05) is 0 Å². The van der Waals surface area contributed by atoms with E-state index >= 15 is 0 Å². The lowest BCUT2D eigenvalue weighted by molar-refractivity contribution is -0.143. The van der Waals surface area contributed by atoms with E-state index in [9.17, 15) is 9.18 Å². The van der Waals surface area contributed by atoms with Crippen molar-refractivity contribution in [1.82, 2.24) is 0 Å². The molecule has 0 spiro atoms. The highest BCUT2D eigenvalue weighted by atomic mass is 19.1. The molecule has 0 aromatic heterocycles. The molecule has 0 aromatic rings.